The number of ether oxygens (including phenoxy) is 2. The van der Waals surface area contributed by atoms with Gasteiger partial charge in [0.25, 0.3) is 11.1 Å². The van der Waals surface area contributed by atoms with Gasteiger partial charge in [-0.05, 0) is 48.9 Å². The minimum atomic E-state index is -1.35. The lowest BCUT2D eigenvalue weighted by molar-refractivity contribution is -0.127. The molecule has 0 aliphatic heterocycles. The highest BCUT2D eigenvalue weighted by Gasteiger charge is 2.21. The smallest absolute Gasteiger partial charge is 0.279 e. The Balaban J connectivity index is 1.61. The molecular weight excluding hydrogens is 424 g/mol. The van der Waals surface area contributed by atoms with Crippen LogP contribution in [-0.4, -0.2) is 31.2 Å². The number of hydrogen-bond donors (Lipinski definition) is 1. The van der Waals surface area contributed by atoms with Crippen molar-refractivity contribution in [1.29, 1.82) is 0 Å². The molecule has 1 atom stereocenters. The van der Waals surface area contributed by atoms with Crippen molar-refractivity contribution in [3.05, 3.63) is 47.5 Å². The van der Waals surface area contributed by atoms with Gasteiger partial charge >= 0.3 is 0 Å². The minimum absolute atomic E-state index is 0.0663. The maximum Gasteiger partial charge on any atom is 0.279 e. The third-order valence-electron chi connectivity index (χ3n) is 4.09. The Morgan fingerprint density at radius 2 is 1.86 bits per heavy atom. The Morgan fingerprint density at radius 3 is 2.52 bits per heavy atom. The summed E-state index contributed by atoms with van der Waals surface area (Å²) in [5, 5.41) is 4.24. The Hall–Kier alpha value is -2.09. The van der Waals surface area contributed by atoms with Crippen LogP contribution in [0.2, 0.25) is 24.7 Å². The number of hydrogen-bond acceptors (Lipinski definition) is 5. The number of nitrogens with zero attached hydrogens (tertiary/aromatic N) is 1. The average molecular weight is 449 g/mol. The lowest BCUT2D eigenvalue weighted by atomic mass is 10.2. The van der Waals surface area contributed by atoms with E-state index >= 15 is 0 Å². The molecule has 1 heterocycles. The van der Waals surface area contributed by atoms with Crippen LogP contribution < -0.4 is 14.8 Å². The maximum atomic E-state index is 12.4. The molecule has 3 rings (SSSR count). The first-order chi connectivity index (χ1) is 13.7. The van der Waals surface area contributed by atoms with Gasteiger partial charge in [-0.15, -0.1) is 0 Å². The molecule has 1 amide bonds. The number of benzene rings is 2. The van der Waals surface area contributed by atoms with Crippen LogP contribution in [0, 0.1) is 0 Å². The highest BCUT2D eigenvalue weighted by atomic mass is 35.5. The van der Waals surface area contributed by atoms with E-state index in [-0.39, 0.29) is 5.91 Å². The number of rotatable bonds is 8. The zero-order chi connectivity index (χ0) is 21.0. The van der Waals surface area contributed by atoms with Crippen LogP contribution in [-0.2, 0) is 4.79 Å². The lowest BCUT2D eigenvalue weighted by Gasteiger charge is -2.21. The van der Waals surface area contributed by atoms with Crippen LogP contribution in [0.25, 0.3) is 10.2 Å². The Labute approximate surface area is 181 Å². The summed E-state index contributed by atoms with van der Waals surface area (Å²) < 4.78 is 12.7. The van der Waals surface area contributed by atoms with Gasteiger partial charge in [0.2, 0.25) is 0 Å². The number of amides is 1. The third kappa shape index (κ3) is 6.19. The quantitative estimate of drug-likeness (QED) is 0.436. The van der Waals surface area contributed by atoms with Crippen molar-refractivity contribution in [3.8, 4) is 16.7 Å². The monoisotopic (exact) mass is 448 g/mol. The zero-order valence-electron chi connectivity index (χ0n) is 17.0. The summed E-state index contributed by atoms with van der Waals surface area (Å²) in [5.74, 6) is 1.21. The number of nitrogens with one attached hydrogen (secondary N) is 1. The van der Waals surface area contributed by atoms with Gasteiger partial charge in [-0.2, -0.15) is 0 Å². The molecule has 1 unspecified atom stereocenters. The van der Waals surface area contributed by atoms with Crippen LogP contribution in [0.15, 0.2) is 42.5 Å². The van der Waals surface area contributed by atoms with E-state index in [9.17, 15) is 4.79 Å². The van der Waals surface area contributed by atoms with Crippen molar-refractivity contribution in [2.24, 2.45) is 0 Å². The number of fused-ring (bicyclic) bond motifs is 1. The molecule has 2 aromatic carbocycles. The third-order valence-corrected chi connectivity index (χ3v) is 6.46. The number of carbonyl (C=O) groups excluding carboxylic acids is 1. The van der Waals surface area contributed by atoms with Crippen molar-refractivity contribution in [1.82, 2.24) is 10.3 Å². The summed E-state index contributed by atoms with van der Waals surface area (Å²) in [7, 11) is -1.35. The van der Waals surface area contributed by atoms with Gasteiger partial charge in [-0.1, -0.05) is 49.5 Å². The van der Waals surface area contributed by atoms with E-state index in [0.29, 0.717) is 28.1 Å². The van der Waals surface area contributed by atoms with Crippen molar-refractivity contribution in [2.45, 2.75) is 39.1 Å². The van der Waals surface area contributed by atoms with Gasteiger partial charge in [-0.3, -0.25) is 4.79 Å². The topological polar surface area (TPSA) is 60.5 Å². The lowest BCUT2D eigenvalue weighted by Crippen LogP contribution is -2.45. The SMILES string of the molecule is CCC(Oc1ccc(Oc2nc3ccc(Cl)cc3s2)cc1)C(=O)NC[Si](C)(C)C. The fraction of sp³-hybridized carbons (Fsp3) is 0.333. The number of halogens is 1. The molecule has 8 heteroatoms. The molecule has 154 valence electrons. The van der Waals surface area contributed by atoms with Gasteiger partial charge < -0.3 is 14.8 Å². The average Bonchev–Trinajstić information content (AvgIpc) is 3.06. The highest BCUT2D eigenvalue weighted by molar-refractivity contribution is 7.20. The molecule has 0 bridgehead atoms. The maximum absolute atomic E-state index is 12.4. The minimum Gasteiger partial charge on any atom is -0.481 e. The van der Waals surface area contributed by atoms with Gasteiger partial charge in [0.15, 0.2) is 6.10 Å². The number of carbonyl (C=O) groups is 1. The second-order valence-electron chi connectivity index (χ2n) is 7.96. The fourth-order valence-corrected chi connectivity index (χ4v) is 4.38. The van der Waals surface area contributed by atoms with E-state index < -0.39 is 14.2 Å². The normalized spacial score (nSPS) is 12.6. The molecule has 1 N–H and O–H groups in total. The van der Waals surface area contributed by atoms with Gasteiger partial charge in [0, 0.05) is 11.2 Å². The van der Waals surface area contributed by atoms with E-state index in [0.717, 1.165) is 16.4 Å². The molecule has 5 nitrogen and oxygen atoms in total. The second-order valence-corrected chi connectivity index (χ2v) is 14.9. The summed E-state index contributed by atoms with van der Waals surface area (Å²) in [6, 6.07) is 12.8. The summed E-state index contributed by atoms with van der Waals surface area (Å²) in [6.45, 7) is 8.59. The van der Waals surface area contributed by atoms with E-state index in [4.69, 9.17) is 21.1 Å². The predicted molar refractivity (Wildman–Crippen MR) is 122 cm³/mol. The van der Waals surface area contributed by atoms with Crippen LogP contribution >= 0.6 is 22.9 Å². The first-order valence-electron chi connectivity index (χ1n) is 9.52. The molecule has 0 spiro atoms. The first-order valence-corrected chi connectivity index (χ1v) is 14.4. The molecule has 0 aliphatic rings. The van der Waals surface area contributed by atoms with Gasteiger partial charge in [-0.25, -0.2) is 4.98 Å². The second kappa shape index (κ2) is 9.15. The summed E-state index contributed by atoms with van der Waals surface area (Å²) in [5.41, 5.74) is 0.851. The van der Waals surface area contributed by atoms with Crippen molar-refractivity contribution in [2.75, 3.05) is 6.17 Å². The van der Waals surface area contributed by atoms with Crippen molar-refractivity contribution >= 4 is 47.1 Å². The Morgan fingerprint density at radius 1 is 1.17 bits per heavy atom. The molecule has 3 aromatic rings. The largest absolute Gasteiger partial charge is 0.481 e. The number of thiazole rings is 1. The van der Waals surface area contributed by atoms with Crippen molar-refractivity contribution < 1.29 is 14.3 Å². The standard InChI is InChI=1S/C21H25ClN2O3SSi/c1-5-18(20(25)23-13-29(2,3)4)26-15-7-9-16(10-8-15)27-21-24-17-11-6-14(22)12-19(17)28-21/h6-12,18H,5,13H2,1-4H3,(H,23,25). The van der Waals surface area contributed by atoms with Crippen LogP contribution in [0.3, 0.4) is 0 Å². The molecule has 0 aliphatic carbocycles. The van der Waals surface area contributed by atoms with Crippen molar-refractivity contribution in [3.63, 3.8) is 0 Å². The molecule has 0 radical (unpaired) electrons. The highest BCUT2D eigenvalue weighted by Crippen LogP contribution is 2.33. The van der Waals surface area contributed by atoms with Crippen LogP contribution in [0.4, 0.5) is 0 Å². The van der Waals surface area contributed by atoms with E-state index in [2.05, 4.69) is 29.9 Å². The molecular formula is C21H25ClN2O3SSi. The molecule has 0 saturated heterocycles. The summed E-state index contributed by atoms with van der Waals surface area (Å²) >= 11 is 7.46. The zero-order valence-corrected chi connectivity index (χ0v) is 19.6. The van der Waals surface area contributed by atoms with E-state index in [1.807, 2.05) is 25.1 Å². The molecule has 0 fully saturated rings. The van der Waals surface area contributed by atoms with E-state index in [1.54, 1.807) is 24.3 Å². The van der Waals surface area contributed by atoms with Crippen LogP contribution in [0.1, 0.15) is 13.3 Å². The predicted octanol–water partition coefficient (Wildman–Crippen LogP) is 5.89. The van der Waals surface area contributed by atoms with Crippen LogP contribution in [0.5, 0.6) is 16.7 Å². The Kier molecular flexibility index (Phi) is 6.82. The van der Waals surface area contributed by atoms with Gasteiger partial charge in [0.1, 0.15) is 11.5 Å². The van der Waals surface area contributed by atoms with Gasteiger partial charge in [0.05, 0.1) is 18.3 Å². The number of aromatic nitrogens is 1. The molecule has 1 aromatic heterocycles. The molecule has 29 heavy (non-hydrogen) atoms. The first kappa shape index (κ1) is 21.6. The fourth-order valence-electron chi connectivity index (χ4n) is 2.56. The summed E-state index contributed by atoms with van der Waals surface area (Å²) in [6.07, 6.45) is 0.836. The summed E-state index contributed by atoms with van der Waals surface area (Å²) in [4.78, 5) is 16.8. The molecule has 0 saturated carbocycles. The Bertz CT molecular complexity index is 986. The van der Waals surface area contributed by atoms with E-state index in [1.165, 1.54) is 11.3 Å².